The zero-order valence-electron chi connectivity index (χ0n) is 30.3. The second kappa shape index (κ2) is 12.6. The van der Waals surface area contributed by atoms with Gasteiger partial charge in [-0.15, -0.1) is 11.3 Å². The van der Waals surface area contributed by atoms with Crippen molar-refractivity contribution in [2.75, 3.05) is 0 Å². The predicted molar refractivity (Wildman–Crippen MR) is 234 cm³/mol. The molecule has 0 fully saturated rings. The third-order valence-electron chi connectivity index (χ3n) is 11.0. The minimum atomic E-state index is 0.591. The Morgan fingerprint density at radius 1 is 0.351 bits per heavy atom. The van der Waals surface area contributed by atoms with Crippen molar-refractivity contribution in [1.82, 2.24) is 15.0 Å². The van der Waals surface area contributed by atoms with Crippen molar-refractivity contribution in [3.63, 3.8) is 0 Å². The van der Waals surface area contributed by atoms with E-state index in [-0.39, 0.29) is 0 Å². The van der Waals surface area contributed by atoms with Gasteiger partial charge in [-0.25, -0.2) is 15.0 Å². The minimum absolute atomic E-state index is 0.591. The molecule has 12 aromatic rings. The standard InChI is InChI=1S/C51H29N3O2S/c1-3-13-30(14-4-1)49-52-50(31-15-5-2-6-16-31)54-51(53-49)32-25-26-33-36-20-11-21-37(47(36)56-43(33)29-32)38-28-27-35(46-40-18-8-10-24-44(40)57-48(38)46)34-19-12-23-42-45(34)39-17-7-9-22-41(39)55-42/h1-29H. The van der Waals surface area contributed by atoms with Crippen LogP contribution in [0.2, 0.25) is 0 Å². The first-order valence-electron chi connectivity index (χ1n) is 18.9. The first-order chi connectivity index (χ1) is 28.2. The van der Waals surface area contributed by atoms with E-state index in [4.69, 9.17) is 23.8 Å². The molecule has 4 heterocycles. The number of aromatic nitrogens is 3. The van der Waals surface area contributed by atoms with Crippen LogP contribution in [0.25, 0.3) is 120 Å². The fourth-order valence-electron chi connectivity index (χ4n) is 8.35. The molecule has 0 aliphatic heterocycles. The number of para-hydroxylation sites is 2. The van der Waals surface area contributed by atoms with Gasteiger partial charge in [0.15, 0.2) is 17.5 Å². The molecule has 0 radical (unpaired) electrons. The van der Waals surface area contributed by atoms with Gasteiger partial charge in [0.2, 0.25) is 0 Å². The molecule has 57 heavy (non-hydrogen) atoms. The van der Waals surface area contributed by atoms with Gasteiger partial charge in [0, 0.05) is 69.5 Å². The third-order valence-corrected chi connectivity index (χ3v) is 12.2. The van der Waals surface area contributed by atoms with E-state index in [1.165, 1.54) is 25.7 Å². The molecular formula is C51H29N3O2S. The molecule has 0 aliphatic rings. The number of fused-ring (bicyclic) bond motifs is 9. The van der Waals surface area contributed by atoms with E-state index >= 15 is 0 Å². The smallest absolute Gasteiger partial charge is 0.164 e. The Morgan fingerprint density at radius 3 is 1.74 bits per heavy atom. The van der Waals surface area contributed by atoms with E-state index in [9.17, 15) is 0 Å². The highest BCUT2D eigenvalue weighted by Gasteiger charge is 2.22. The monoisotopic (exact) mass is 747 g/mol. The summed E-state index contributed by atoms with van der Waals surface area (Å²) in [5.41, 5.74) is 10.7. The highest BCUT2D eigenvalue weighted by molar-refractivity contribution is 7.26. The van der Waals surface area contributed by atoms with E-state index in [2.05, 4.69) is 103 Å². The summed E-state index contributed by atoms with van der Waals surface area (Å²) < 4.78 is 15.7. The number of nitrogens with zero attached hydrogens (tertiary/aromatic N) is 3. The Morgan fingerprint density at radius 2 is 0.947 bits per heavy atom. The number of hydrogen-bond donors (Lipinski definition) is 0. The Balaban J connectivity index is 1.05. The first-order valence-corrected chi connectivity index (χ1v) is 19.7. The molecule has 5 nitrogen and oxygen atoms in total. The fraction of sp³-hybridized carbons (Fsp3) is 0. The predicted octanol–water partition coefficient (Wildman–Crippen LogP) is 14.4. The van der Waals surface area contributed by atoms with Crippen molar-refractivity contribution in [1.29, 1.82) is 0 Å². The van der Waals surface area contributed by atoms with Gasteiger partial charge < -0.3 is 8.83 Å². The molecule has 0 spiro atoms. The van der Waals surface area contributed by atoms with Crippen molar-refractivity contribution >= 4 is 75.4 Å². The van der Waals surface area contributed by atoms with E-state index in [0.29, 0.717) is 17.5 Å². The lowest BCUT2D eigenvalue weighted by atomic mass is 9.92. The molecule has 266 valence electrons. The first kappa shape index (κ1) is 31.9. The number of thiophene rings is 1. The molecule has 0 aliphatic carbocycles. The van der Waals surface area contributed by atoms with Crippen LogP contribution in [0.3, 0.4) is 0 Å². The summed E-state index contributed by atoms with van der Waals surface area (Å²) in [4.78, 5) is 14.8. The lowest BCUT2D eigenvalue weighted by molar-refractivity contribution is 0.669. The number of rotatable bonds is 5. The normalized spacial score (nSPS) is 11.9. The van der Waals surface area contributed by atoms with Crippen molar-refractivity contribution in [3.8, 4) is 56.4 Å². The highest BCUT2D eigenvalue weighted by atomic mass is 32.1. The Hall–Kier alpha value is -7.41. The van der Waals surface area contributed by atoms with Crippen LogP contribution in [0, 0.1) is 0 Å². The quantitative estimate of drug-likeness (QED) is 0.175. The summed E-state index contributed by atoms with van der Waals surface area (Å²) in [6.45, 7) is 0. The lowest BCUT2D eigenvalue weighted by Crippen LogP contribution is -2.00. The number of hydrogen-bond acceptors (Lipinski definition) is 6. The summed E-state index contributed by atoms with van der Waals surface area (Å²) in [6, 6.07) is 60.8. The van der Waals surface area contributed by atoms with Gasteiger partial charge in [-0.3, -0.25) is 0 Å². The second-order valence-corrected chi connectivity index (χ2v) is 15.3. The van der Waals surface area contributed by atoms with Gasteiger partial charge in [-0.2, -0.15) is 0 Å². The van der Waals surface area contributed by atoms with Crippen molar-refractivity contribution in [2.45, 2.75) is 0 Å². The summed E-state index contributed by atoms with van der Waals surface area (Å²) in [6.07, 6.45) is 0. The summed E-state index contributed by atoms with van der Waals surface area (Å²) in [5.74, 6) is 1.84. The molecular weight excluding hydrogens is 719 g/mol. The van der Waals surface area contributed by atoms with Gasteiger partial charge in [-0.05, 0) is 41.5 Å². The van der Waals surface area contributed by atoms with Crippen molar-refractivity contribution in [2.24, 2.45) is 0 Å². The molecule has 0 saturated carbocycles. The van der Waals surface area contributed by atoms with Crippen LogP contribution in [-0.4, -0.2) is 15.0 Å². The molecule has 4 aromatic heterocycles. The molecule has 0 saturated heterocycles. The lowest BCUT2D eigenvalue weighted by Gasteiger charge is -2.11. The van der Waals surface area contributed by atoms with E-state index in [1.807, 2.05) is 84.1 Å². The Kier molecular flexibility index (Phi) is 7.03. The molecule has 12 rings (SSSR count). The molecule has 0 N–H and O–H groups in total. The second-order valence-electron chi connectivity index (χ2n) is 14.3. The molecule has 0 amide bonds. The van der Waals surface area contributed by atoms with Gasteiger partial charge in [0.1, 0.15) is 22.3 Å². The van der Waals surface area contributed by atoms with Gasteiger partial charge in [-0.1, -0.05) is 146 Å². The summed E-state index contributed by atoms with van der Waals surface area (Å²) >= 11 is 1.83. The Labute approximate surface area is 330 Å². The average molecular weight is 748 g/mol. The average Bonchev–Trinajstić information content (AvgIpc) is 3.98. The van der Waals surface area contributed by atoms with E-state index in [1.54, 1.807) is 0 Å². The largest absolute Gasteiger partial charge is 0.456 e. The SMILES string of the molecule is c1ccc(-c2nc(-c3ccccc3)nc(-c3ccc4c(c3)oc3c(-c5ccc(-c6cccc7oc8ccccc8c67)c6c5sc5ccccc56)cccc34)n2)cc1. The van der Waals surface area contributed by atoms with Crippen LogP contribution >= 0.6 is 11.3 Å². The molecule has 8 aromatic carbocycles. The van der Waals surface area contributed by atoms with Crippen LogP contribution in [0.1, 0.15) is 0 Å². The van der Waals surface area contributed by atoms with Crippen molar-refractivity contribution < 1.29 is 8.83 Å². The summed E-state index contributed by atoms with van der Waals surface area (Å²) in [7, 11) is 0. The van der Waals surface area contributed by atoms with Gasteiger partial charge in [0.25, 0.3) is 0 Å². The van der Waals surface area contributed by atoms with Crippen molar-refractivity contribution in [3.05, 3.63) is 176 Å². The highest BCUT2D eigenvalue weighted by Crippen LogP contribution is 2.49. The molecule has 0 atom stereocenters. The van der Waals surface area contributed by atoms with Gasteiger partial charge >= 0.3 is 0 Å². The molecule has 0 bridgehead atoms. The molecule has 6 heteroatoms. The zero-order valence-corrected chi connectivity index (χ0v) is 31.1. The zero-order chi connectivity index (χ0) is 37.5. The maximum absolute atomic E-state index is 6.88. The topological polar surface area (TPSA) is 65.0 Å². The number of furan rings is 2. The van der Waals surface area contributed by atoms with Crippen LogP contribution in [0.15, 0.2) is 185 Å². The Bertz CT molecular complexity index is 3470. The maximum atomic E-state index is 6.88. The van der Waals surface area contributed by atoms with E-state index < -0.39 is 0 Å². The van der Waals surface area contributed by atoms with Crippen LogP contribution in [0.4, 0.5) is 0 Å². The minimum Gasteiger partial charge on any atom is -0.456 e. The fourth-order valence-corrected chi connectivity index (χ4v) is 9.61. The number of benzene rings is 8. The summed E-state index contributed by atoms with van der Waals surface area (Å²) in [5, 5.41) is 6.84. The third kappa shape index (κ3) is 5.04. The van der Waals surface area contributed by atoms with Crippen LogP contribution in [0.5, 0.6) is 0 Å². The van der Waals surface area contributed by atoms with Crippen LogP contribution < -0.4 is 0 Å². The van der Waals surface area contributed by atoms with Gasteiger partial charge in [0.05, 0.1) is 0 Å². The van der Waals surface area contributed by atoms with E-state index in [0.717, 1.165) is 77.3 Å². The maximum Gasteiger partial charge on any atom is 0.164 e. The van der Waals surface area contributed by atoms with Crippen LogP contribution in [-0.2, 0) is 0 Å². The molecule has 0 unspecified atom stereocenters.